The van der Waals surface area contributed by atoms with Crippen molar-refractivity contribution < 1.29 is 4.79 Å². The van der Waals surface area contributed by atoms with Gasteiger partial charge in [0.25, 0.3) is 5.91 Å². The molecule has 1 aliphatic heterocycles. The number of rotatable bonds is 7. The zero-order valence-corrected chi connectivity index (χ0v) is 22.7. The number of para-hydroxylation sites is 1. The molecule has 1 atom stereocenters. The van der Waals surface area contributed by atoms with Gasteiger partial charge >= 0.3 is 0 Å². The lowest BCUT2D eigenvalue weighted by atomic mass is 9.95. The molecule has 3 aromatic carbocycles. The SMILES string of the molecule is O=C1NC(c2c(CNCc3ccc4ccn(CC5=CC=CCC5)c4c3)[nH]c3ccccc23)c2cc3[nH]ccc3cc21. The van der Waals surface area contributed by atoms with Gasteiger partial charge in [0.1, 0.15) is 0 Å². The van der Waals surface area contributed by atoms with Crippen LogP contribution >= 0.6 is 0 Å². The maximum atomic E-state index is 13.1. The quantitative estimate of drug-likeness (QED) is 0.177. The zero-order chi connectivity index (χ0) is 27.3. The maximum absolute atomic E-state index is 13.1. The molecule has 3 aromatic heterocycles. The van der Waals surface area contributed by atoms with E-state index in [0.29, 0.717) is 6.54 Å². The molecular formula is C35H31N5O. The Kier molecular flexibility index (Phi) is 5.67. The predicted octanol–water partition coefficient (Wildman–Crippen LogP) is 7.00. The largest absolute Gasteiger partial charge is 0.361 e. The van der Waals surface area contributed by atoms with Gasteiger partial charge in [-0.2, -0.15) is 0 Å². The van der Waals surface area contributed by atoms with Gasteiger partial charge in [0.05, 0.1) is 6.04 Å². The standard InChI is InChI=1S/C35H31N5O/c41-35-28-17-25-12-14-37-30(25)18-27(28)34(39-35)33-26-8-4-5-9-29(26)38-31(33)20-36-19-23-10-11-24-13-15-40(32(24)16-23)21-22-6-2-1-3-7-22/h1-2,4-6,8-18,34,36-38H,3,7,19-21H2,(H,39,41). The highest BCUT2D eigenvalue weighted by Crippen LogP contribution is 2.38. The molecule has 6 aromatic rings. The number of allylic oxidation sites excluding steroid dienone is 4. The number of carbonyl (C=O) groups excluding carboxylic acids is 1. The van der Waals surface area contributed by atoms with Crippen LogP contribution in [0.2, 0.25) is 0 Å². The molecule has 4 heterocycles. The van der Waals surface area contributed by atoms with Crippen molar-refractivity contribution in [3.05, 3.63) is 131 Å². The van der Waals surface area contributed by atoms with E-state index in [1.165, 1.54) is 22.0 Å². The van der Waals surface area contributed by atoms with Gasteiger partial charge in [0.15, 0.2) is 0 Å². The van der Waals surface area contributed by atoms with Crippen LogP contribution in [-0.2, 0) is 19.6 Å². The first-order valence-electron chi connectivity index (χ1n) is 14.4. The predicted molar refractivity (Wildman–Crippen MR) is 165 cm³/mol. The molecule has 1 amide bonds. The molecule has 6 heteroatoms. The third-order valence-electron chi connectivity index (χ3n) is 8.61. The number of carbonyl (C=O) groups is 1. The first-order valence-corrected chi connectivity index (χ1v) is 14.4. The van der Waals surface area contributed by atoms with E-state index in [1.54, 1.807) is 0 Å². The van der Waals surface area contributed by atoms with E-state index < -0.39 is 0 Å². The Bertz CT molecular complexity index is 2020. The van der Waals surface area contributed by atoms with Gasteiger partial charge in [-0.15, -0.1) is 0 Å². The maximum Gasteiger partial charge on any atom is 0.252 e. The molecule has 0 radical (unpaired) electrons. The fourth-order valence-electron chi connectivity index (χ4n) is 6.57. The Balaban J connectivity index is 1.08. The number of aromatic nitrogens is 3. The lowest BCUT2D eigenvalue weighted by Gasteiger charge is -2.15. The molecular weight excluding hydrogens is 506 g/mol. The average Bonchev–Trinajstić information content (AvgIpc) is 3.77. The number of benzene rings is 3. The van der Waals surface area contributed by atoms with E-state index in [2.05, 4.69) is 98.1 Å². The Hall–Kier alpha value is -4.81. The molecule has 1 unspecified atom stereocenters. The van der Waals surface area contributed by atoms with Crippen LogP contribution in [-0.4, -0.2) is 20.4 Å². The van der Waals surface area contributed by atoms with Crippen molar-refractivity contribution in [2.45, 2.75) is 38.5 Å². The average molecular weight is 538 g/mol. The Morgan fingerprint density at radius 3 is 2.83 bits per heavy atom. The van der Waals surface area contributed by atoms with E-state index >= 15 is 0 Å². The number of fused-ring (bicyclic) bond motifs is 4. The van der Waals surface area contributed by atoms with Crippen molar-refractivity contribution in [3.63, 3.8) is 0 Å². The third kappa shape index (κ3) is 4.19. The van der Waals surface area contributed by atoms with E-state index in [0.717, 1.165) is 70.1 Å². The molecule has 1 aliphatic carbocycles. The summed E-state index contributed by atoms with van der Waals surface area (Å²) in [7, 11) is 0. The number of nitrogens with one attached hydrogen (secondary N) is 4. The highest BCUT2D eigenvalue weighted by Gasteiger charge is 2.33. The second kappa shape index (κ2) is 9.68. The summed E-state index contributed by atoms with van der Waals surface area (Å²) in [6.07, 6.45) is 13.0. The van der Waals surface area contributed by atoms with Gasteiger partial charge in [0, 0.05) is 76.2 Å². The van der Waals surface area contributed by atoms with Crippen LogP contribution in [0.3, 0.4) is 0 Å². The van der Waals surface area contributed by atoms with Gasteiger partial charge in [-0.05, 0) is 65.8 Å². The lowest BCUT2D eigenvalue weighted by molar-refractivity contribution is 0.0960. The summed E-state index contributed by atoms with van der Waals surface area (Å²) in [5, 5.41) is 10.4. The molecule has 0 saturated carbocycles. The van der Waals surface area contributed by atoms with Gasteiger partial charge in [-0.25, -0.2) is 0 Å². The van der Waals surface area contributed by atoms with E-state index in [1.807, 2.05) is 24.4 Å². The summed E-state index contributed by atoms with van der Waals surface area (Å²) in [5.41, 5.74) is 10.1. The molecule has 4 N–H and O–H groups in total. The third-order valence-corrected chi connectivity index (χ3v) is 8.61. The molecule has 8 rings (SSSR count). The molecule has 6 nitrogen and oxygen atoms in total. The summed E-state index contributed by atoms with van der Waals surface area (Å²) in [5.74, 6) is -0.0198. The van der Waals surface area contributed by atoms with Crippen molar-refractivity contribution in [2.75, 3.05) is 0 Å². The molecule has 41 heavy (non-hydrogen) atoms. The van der Waals surface area contributed by atoms with Crippen LogP contribution in [0.1, 0.15) is 51.6 Å². The van der Waals surface area contributed by atoms with E-state index in [4.69, 9.17) is 0 Å². The summed E-state index contributed by atoms with van der Waals surface area (Å²) < 4.78 is 2.36. The summed E-state index contributed by atoms with van der Waals surface area (Å²) in [6, 6.07) is 23.2. The molecule has 0 spiro atoms. The van der Waals surface area contributed by atoms with Crippen molar-refractivity contribution in [3.8, 4) is 0 Å². The normalized spacial score (nSPS) is 16.5. The summed E-state index contributed by atoms with van der Waals surface area (Å²) in [4.78, 5) is 20.0. The van der Waals surface area contributed by atoms with E-state index in [-0.39, 0.29) is 11.9 Å². The van der Waals surface area contributed by atoms with Crippen LogP contribution < -0.4 is 10.6 Å². The van der Waals surface area contributed by atoms with Crippen LogP contribution in [0.25, 0.3) is 32.7 Å². The second-order valence-corrected chi connectivity index (χ2v) is 11.2. The first-order chi connectivity index (χ1) is 20.2. The smallest absolute Gasteiger partial charge is 0.252 e. The van der Waals surface area contributed by atoms with Crippen molar-refractivity contribution in [1.29, 1.82) is 0 Å². The number of nitrogens with zero attached hydrogens (tertiary/aromatic N) is 1. The van der Waals surface area contributed by atoms with Gasteiger partial charge in [0.2, 0.25) is 0 Å². The fraction of sp³-hybridized carbons (Fsp3) is 0.171. The monoisotopic (exact) mass is 537 g/mol. The Labute approximate surface area is 237 Å². The van der Waals surface area contributed by atoms with Crippen LogP contribution in [0.5, 0.6) is 0 Å². The molecule has 0 bridgehead atoms. The molecule has 202 valence electrons. The molecule has 0 fully saturated rings. The first kappa shape index (κ1) is 24.0. The van der Waals surface area contributed by atoms with Gasteiger partial charge in [-0.3, -0.25) is 4.79 Å². The van der Waals surface area contributed by atoms with Crippen molar-refractivity contribution in [2.24, 2.45) is 0 Å². The zero-order valence-electron chi connectivity index (χ0n) is 22.7. The minimum atomic E-state index is -0.207. The second-order valence-electron chi connectivity index (χ2n) is 11.2. The van der Waals surface area contributed by atoms with Crippen molar-refractivity contribution in [1.82, 2.24) is 25.2 Å². The van der Waals surface area contributed by atoms with Crippen molar-refractivity contribution >= 4 is 38.6 Å². The minimum absolute atomic E-state index is 0.0198. The van der Waals surface area contributed by atoms with Crippen LogP contribution in [0.4, 0.5) is 0 Å². The van der Waals surface area contributed by atoms with Crippen LogP contribution in [0.15, 0.2) is 103 Å². The number of amides is 1. The number of hydrogen-bond acceptors (Lipinski definition) is 2. The summed E-state index contributed by atoms with van der Waals surface area (Å²) in [6.45, 7) is 2.35. The molecule has 2 aliphatic rings. The number of aromatic amines is 2. The van der Waals surface area contributed by atoms with Gasteiger partial charge < -0.3 is 25.2 Å². The number of hydrogen-bond donors (Lipinski definition) is 4. The lowest BCUT2D eigenvalue weighted by Crippen LogP contribution is -2.22. The summed E-state index contributed by atoms with van der Waals surface area (Å²) >= 11 is 0. The highest BCUT2D eigenvalue weighted by molar-refractivity contribution is 6.04. The fourth-order valence-corrected chi connectivity index (χ4v) is 6.57. The molecule has 0 saturated heterocycles. The van der Waals surface area contributed by atoms with Crippen LogP contribution in [0, 0.1) is 0 Å². The van der Waals surface area contributed by atoms with E-state index in [9.17, 15) is 4.79 Å². The Morgan fingerprint density at radius 2 is 1.90 bits per heavy atom. The Morgan fingerprint density at radius 1 is 0.951 bits per heavy atom. The number of H-pyrrole nitrogens is 2. The highest BCUT2D eigenvalue weighted by atomic mass is 16.2. The minimum Gasteiger partial charge on any atom is -0.361 e. The van der Waals surface area contributed by atoms with Gasteiger partial charge in [-0.1, -0.05) is 54.1 Å². The topological polar surface area (TPSA) is 77.6 Å².